The Morgan fingerprint density at radius 1 is 1.04 bits per heavy atom. The Labute approximate surface area is 135 Å². The van der Waals surface area contributed by atoms with E-state index in [-0.39, 0.29) is 5.91 Å². The van der Waals surface area contributed by atoms with Gasteiger partial charge in [0.25, 0.3) is 0 Å². The maximum Gasteiger partial charge on any atom is 0.248 e. The lowest BCUT2D eigenvalue weighted by molar-refractivity contribution is -0.111. The Morgan fingerprint density at radius 2 is 1.78 bits per heavy atom. The molecule has 4 heteroatoms. The van der Waals surface area contributed by atoms with Crippen LogP contribution in [0.2, 0.25) is 0 Å². The Morgan fingerprint density at radius 3 is 2.57 bits per heavy atom. The van der Waals surface area contributed by atoms with Gasteiger partial charge in [-0.25, -0.2) is 0 Å². The van der Waals surface area contributed by atoms with E-state index in [0.29, 0.717) is 13.2 Å². The summed E-state index contributed by atoms with van der Waals surface area (Å²) in [5, 5.41) is 2.83. The summed E-state index contributed by atoms with van der Waals surface area (Å²) in [5.74, 6) is 1.31. The lowest BCUT2D eigenvalue weighted by Gasteiger charge is -2.07. The first-order valence-electron chi connectivity index (χ1n) is 7.66. The van der Waals surface area contributed by atoms with Crippen LogP contribution in [-0.4, -0.2) is 19.1 Å². The largest absolute Gasteiger partial charge is 0.490 e. The summed E-state index contributed by atoms with van der Waals surface area (Å²) in [5.41, 5.74) is 2.84. The molecule has 0 saturated carbocycles. The van der Waals surface area contributed by atoms with Crippen molar-refractivity contribution in [3.63, 3.8) is 0 Å². The van der Waals surface area contributed by atoms with E-state index in [1.807, 2.05) is 49.4 Å². The molecule has 0 spiro atoms. The smallest absolute Gasteiger partial charge is 0.248 e. The standard InChI is InChI=1S/C19H19NO3/c1-14-3-7-16(8-4-14)20-19(21)10-6-15-5-9-17-18(13-15)23-12-2-11-22-17/h3-10,13H,2,11-12H2,1H3,(H,20,21)/b10-6+. The predicted octanol–water partition coefficient (Wildman–Crippen LogP) is 3.81. The first-order chi connectivity index (χ1) is 11.2. The summed E-state index contributed by atoms with van der Waals surface area (Å²) in [6, 6.07) is 13.4. The molecule has 2 aromatic rings. The van der Waals surface area contributed by atoms with Gasteiger partial charge in [-0.05, 0) is 42.8 Å². The van der Waals surface area contributed by atoms with Crippen LogP contribution < -0.4 is 14.8 Å². The molecule has 0 bridgehead atoms. The van der Waals surface area contributed by atoms with Gasteiger partial charge in [0.15, 0.2) is 11.5 Å². The molecule has 0 fully saturated rings. The van der Waals surface area contributed by atoms with Crippen LogP contribution in [-0.2, 0) is 4.79 Å². The van der Waals surface area contributed by atoms with Gasteiger partial charge < -0.3 is 14.8 Å². The van der Waals surface area contributed by atoms with Crippen LogP contribution >= 0.6 is 0 Å². The number of hydrogen-bond acceptors (Lipinski definition) is 3. The molecule has 1 aliphatic rings. The number of anilines is 1. The van der Waals surface area contributed by atoms with Gasteiger partial charge in [0.05, 0.1) is 13.2 Å². The van der Waals surface area contributed by atoms with Crippen molar-refractivity contribution in [3.8, 4) is 11.5 Å². The zero-order chi connectivity index (χ0) is 16.1. The molecule has 0 aliphatic carbocycles. The van der Waals surface area contributed by atoms with Crippen molar-refractivity contribution in [2.45, 2.75) is 13.3 Å². The molecule has 0 saturated heterocycles. The third-order valence-electron chi connectivity index (χ3n) is 3.52. The Kier molecular flexibility index (Phi) is 4.62. The molecule has 1 aliphatic heterocycles. The van der Waals surface area contributed by atoms with E-state index in [2.05, 4.69) is 5.32 Å². The maximum atomic E-state index is 12.0. The molecule has 1 heterocycles. The van der Waals surface area contributed by atoms with E-state index in [4.69, 9.17) is 9.47 Å². The highest BCUT2D eigenvalue weighted by Crippen LogP contribution is 2.30. The fourth-order valence-electron chi connectivity index (χ4n) is 2.28. The minimum Gasteiger partial charge on any atom is -0.490 e. The van der Waals surface area contributed by atoms with Gasteiger partial charge in [0.1, 0.15) is 0 Å². The highest BCUT2D eigenvalue weighted by Gasteiger charge is 2.09. The number of fused-ring (bicyclic) bond motifs is 1. The monoisotopic (exact) mass is 309 g/mol. The van der Waals surface area contributed by atoms with Crippen LogP contribution in [0.1, 0.15) is 17.5 Å². The highest BCUT2D eigenvalue weighted by atomic mass is 16.5. The van der Waals surface area contributed by atoms with Crippen molar-refractivity contribution in [2.75, 3.05) is 18.5 Å². The molecule has 1 amide bonds. The zero-order valence-electron chi connectivity index (χ0n) is 13.0. The second-order valence-electron chi connectivity index (χ2n) is 5.45. The van der Waals surface area contributed by atoms with Gasteiger partial charge in [-0.3, -0.25) is 4.79 Å². The summed E-state index contributed by atoms with van der Waals surface area (Å²) < 4.78 is 11.2. The van der Waals surface area contributed by atoms with E-state index in [1.165, 1.54) is 6.08 Å². The molecule has 0 unspecified atom stereocenters. The van der Waals surface area contributed by atoms with E-state index < -0.39 is 0 Å². The number of hydrogen-bond donors (Lipinski definition) is 1. The summed E-state index contributed by atoms with van der Waals surface area (Å²) in [6.07, 6.45) is 4.15. The summed E-state index contributed by atoms with van der Waals surface area (Å²) >= 11 is 0. The van der Waals surface area contributed by atoms with Crippen molar-refractivity contribution in [2.24, 2.45) is 0 Å². The van der Waals surface area contributed by atoms with Crippen LogP contribution in [0, 0.1) is 6.92 Å². The number of amides is 1. The van der Waals surface area contributed by atoms with Crippen molar-refractivity contribution in [1.29, 1.82) is 0 Å². The number of nitrogens with one attached hydrogen (secondary N) is 1. The number of aryl methyl sites for hydroxylation is 1. The third kappa shape index (κ3) is 4.13. The van der Waals surface area contributed by atoms with Gasteiger partial charge in [-0.1, -0.05) is 23.8 Å². The van der Waals surface area contributed by atoms with Crippen LogP contribution in [0.4, 0.5) is 5.69 Å². The van der Waals surface area contributed by atoms with Crippen molar-refractivity contribution in [3.05, 3.63) is 59.7 Å². The van der Waals surface area contributed by atoms with Crippen LogP contribution in [0.25, 0.3) is 6.08 Å². The molecule has 0 radical (unpaired) electrons. The number of carbonyl (C=O) groups excluding carboxylic acids is 1. The van der Waals surface area contributed by atoms with Crippen molar-refractivity contribution >= 4 is 17.7 Å². The van der Waals surface area contributed by atoms with Crippen molar-refractivity contribution < 1.29 is 14.3 Å². The minimum absolute atomic E-state index is 0.166. The molecular formula is C19H19NO3. The molecule has 2 aromatic carbocycles. The Hall–Kier alpha value is -2.75. The van der Waals surface area contributed by atoms with E-state index >= 15 is 0 Å². The van der Waals surface area contributed by atoms with Gasteiger partial charge in [-0.15, -0.1) is 0 Å². The summed E-state index contributed by atoms with van der Waals surface area (Å²) in [6.45, 7) is 3.32. The zero-order valence-corrected chi connectivity index (χ0v) is 13.0. The second kappa shape index (κ2) is 7.01. The van der Waals surface area contributed by atoms with Gasteiger partial charge in [0.2, 0.25) is 5.91 Å². The molecule has 1 N–H and O–H groups in total. The number of rotatable bonds is 3. The minimum atomic E-state index is -0.166. The Balaban J connectivity index is 1.66. The van der Waals surface area contributed by atoms with Gasteiger partial charge >= 0.3 is 0 Å². The quantitative estimate of drug-likeness (QED) is 0.877. The summed E-state index contributed by atoms with van der Waals surface area (Å²) in [4.78, 5) is 12.0. The predicted molar refractivity (Wildman–Crippen MR) is 90.9 cm³/mol. The van der Waals surface area contributed by atoms with Crippen LogP contribution in [0.5, 0.6) is 11.5 Å². The summed E-state index contributed by atoms with van der Waals surface area (Å²) in [7, 11) is 0. The van der Waals surface area contributed by atoms with Crippen LogP contribution in [0.15, 0.2) is 48.5 Å². The lowest BCUT2D eigenvalue weighted by Crippen LogP contribution is -2.07. The average Bonchev–Trinajstić information content (AvgIpc) is 2.80. The average molecular weight is 309 g/mol. The van der Waals surface area contributed by atoms with Crippen LogP contribution in [0.3, 0.4) is 0 Å². The number of ether oxygens (including phenoxy) is 2. The third-order valence-corrected chi connectivity index (χ3v) is 3.52. The maximum absolute atomic E-state index is 12.0. The first kappa shape index (κ1) is 15.2. The fraction of sp³-hybridized carbons (Fsp3) is 0.211. The van der Waals surface area contributed by atoms with E-state index in [1.54, 1.807) is 6.08 Å². The molecule has 0 atom stereocenters. The number of carbonyl (C=O) groups is 1. The normalized spacial score (nSPS) is 13.6. The van der Waals surface area contributed by atoms with E-state index in [9.17, 15) is 4.79 Å². The first-order valence-corrected chi connectivity index (χ1v) is 7.66. The topological polar surface area (TPSA) is 47.6 Å². The van der Waals surface area contributed by atoms with Crippen molar-refractivity contribution in [1.82, 2.24) is 0 Å². The molecule has 4 nitrogen and oxygen atoms in total. The van der Waals surface area contributed by atoms with Gasteiger partial charge in [-0.2, -0.15) is 0 Å². The van der Waals surface area contributed by atoms with E-state index in [0.717, 1.165) is 34.7 Å². The number of benzene rings is 2. The van der Waals surface area contributed by atoms with Gasteiger partial charge in [0, 0.05) is 18.2 Å². The SMILES string of the molecule is Cc1ccc(NC(=O)/C=C/c2ccc3c(c2)OCCCO3)cc1. The molecular weight excluding hydrogens is 290 g/mol. The molecule has 0 aromatic heterocycles. The lowest BCUT2D eigenvalue weighted by atomic mass is 10.2. The highest BCUT2D eigenvalue weighted by molar-refractivity contribution is 6.01. The molecule has 23 heavy (non-hydrogen) atoms. The Bertz CT molecular complexity index is 720. The molecule has 118 valence electrons. The molecule has 3 rings (SSSR count). The second-order valence-corrected chi connectivity index (χ2v) is 5.45. The fourth-order valence-corrected chi connectivity index (χ4v) is 2.28.